The summed E-state index contributed by atoms with van der Waals surface area (Å²) < 4.78 is 5.05. The maximum absolute atomic E-state index is 13.1. The Labute approximate surface area is 180 Å². The van der Waals surface area contributed by atoms with Gasteiger partial charge in [0, 0.05) is 27.9 Å². The highest BCUT2D eigenvalue weighted by atomic mass is 32.2. The molecule has 2 amide bonds. The van der Waals surface area contributed by atoms with Crippen LogP contribution in [0.4, 0.5) is 10.5 Å². The molecule has 0 atom stereocenters. The van der Waals surface area contributed by atoms with Crippen LogP contribution in [-0.2, 0) is 4.74 Å². The summed E-state index contributed by atoms with van der Waals surface area (Å²) >= 11 is 1.63. The minimum atomic E-state index is -0.484. The summed E-state index contributed by atoms with van der Waals surface area (Å²) in [5, 5.41) is 2.88. The third kappa shape index (κ3) is 4.87. The third-order valence-corrected chi connectivity index (χ3v) is 5.84. The fourth-order valence-corrected chi connectivity index (χ4v) is 3.84. The van der Waals surface area contributed by atoms with Gasteiger partial charge in [0.05, 0.1) is 13.2 Å². The van der Waals surface area contributed by atoms with Crippen LogP contribution >= 0.6 is 11.8 Å². The molecule has 1 aliphatic carbocycles. The van der Waals surface area contributed by atoms with Crippen molar-refractivity contribution in [1.82, 2.24) is 9.88 Å². The lowest BCUT2D eigenvalue weighted by Gasteiger charge is -2.22. The minimum absolute atomic E-state index is 0.0405. The number of nitrogens with one attached hydrogen (secondary N) is 2. The highest BCUT2D eigenvalue weighted by Crippen LogP contribution is 2.29. The van der Waals surface area contributed by atoms with Crippen LogP contribution < -0.4 is 5.32 Å². The molecule has 1 aliphatic rings. The van der Waals surface area contributed by atoms with E-state index in [1.165, 1.54) is 0 Å². The van der Waals surface area contributed by atoms with E-state index in [0.717, 1.165) is 17.7 Å². The zero-order valence-corrected chi connectivity index (χ0v) is 18.5. The number of nitrogens with zero attached hydrogens (tertiary/aromatic N) is 1. The Hall–Kier alpha value is -2.74. The van der Waals surface area contributed by atoms with E-state index in [9.17, 15) is 14.4 Å². The summed E-state index contributed by atoms with van der Waals surface area (Å²) in [7, 11) is 0. The summed E-state index contributed by atoms with van der Waals surface area (Å²) in [4.78, 5) is 43.7. The normalized spacial score (nSPS) is 13.1. The predicted octanol–water partition coefficient (Wildman–Crippen LogP) is 4.41. The summed E-state index contributed by atoms with van der Waals surface area (Å²) in [6.07, 6.45) is 3.75. The van der Waals surface area contributed by atoms with Crippen molar-refractivity contribution in [3.05, 3.63) is 46.8 Å². The van der Waals surface area contributed by atoms with Gasteiger partial charge in [-0.1, -0.05) is 0 Å². The molecule has 2 aromatic rings. The molecule has 160 valence electrons. The smallest absolute Gasteiger partial charge is 0.355 e. The molecule has 0 aliphatic heterocycles. The number of Topliss-reactive ketones (excluding diaryl/α,β-unsaturated/α-hetero) is 1. The van der Waals surface area contributed by atoms with Gasteiger partial charge in [-0.25, -0.2) is 9.59 Å². The standard InChI is InChI=1S/C22H27N3O4S/c1-5-29-21(27)20-13(2)19(14(3)23-20)18(26)12-25(16-8-9-16)22(28)24-15-6-10-17(30-4)11-7-15/h6-7,10-11,16,23H,5,8-9,12H2,1-4H3,(H,24,28). The molecule has 0 unspecified atom stereocenters. The number of carbonyl (C=O) groups is 3. The monoisotopic (exact) mass is 429 g/mol. The molecule has 0 saturated heterocycles. The molecule has 0 spiro atoms. The Bertz CT molecular complexity index is 948. The average Bonchev–Trinajstić information content (AvgIpc) is 3.51. The number of esters is 1. The fourth-order valence-electron chi connectivity index (χ4n) is 3.43. The number of ketones is 1. The first-order chi connectivity index (χ1) is 14.3. The number of carbonyl (C=O) groups excluding carboxylic acids is 3. The van der Waals surface area contributed by atoms with Gasteiger partial charge < -0.3 is 19.9 Å². The van der Waals surface area contributed by atoms with Crippen molar-refractivity contribution >= 4 is 35.2 Å². The van der Waals surface area contributed by atoms with Gasteiger partial charge >= 0.3 is 12.0 Å². The molecule has 30 heavy (non-hydrogen) atoms. The summed E-state index contributed by atoms with van der Waals surface area (Å²) in [6, 6.07) is 7.35. The van der Waals surface area contributed by atoms with Crippen molar-refractivity contribution < 1.29 is 19.1 Å². The van der Waals surface area contributed by atoms with Gasteiger partial charge in [0.15, 0.2) is 5.78 Å². The van der Waals surface area contributed by atoms with Crippen molar-refractivity contribution in [1.29, 1.82) is 0 Å². The molecule has 7 nitrogen and oxygen atoms in total. The quantitative estimate of drug-likeness (QED) is 0.368. The molecule has 1 heterocycles. The van der Waals surface area contributed by atoms with E-state index in [-0.39, 0.29) is 36.7 Å². The first-order valence-corrected chi connectivity index (χ1v) is 11.2. The number of H-pyrrole nitrogens is 1. The number of amides is 2. The van der Waals surface area contributed by atoms with E-state index in [2.05, 4.69) is 10.3 Å². The van der Waals surface area contributed by atoms with Crippen molar-refractivity contribution in [2.24, 2.45) is 0 Å². The average molecular weight is 430 g/mol. The number of benzene rings is 1. The molecule has 2 N–H and O–H groups in total. The third-order valence-electron chi connectivity index (χ3n) is 5.10. The summed E-state index contributed by atoms with van der Waals surface area (Å²) in [5.41, 5.74) is 2.58. The van der Waals surface area contributed by atoms with Gasteiger partial charge in [-0.2, -0.15) is 0 Å². The van der Waals surface area contributed by atoms with Crippen LogP contribution in [0, 0.1) is 13.8 Å². The molecule has 1 fully saturated rings. The van der Waals surface area contributed by atoms with E-state index in [1.807, 2.05) is 30.5 Å². The van der Waals surface area contributed by atoms with Gasteiger partial charge in [-0.15, -0.1) is 11.8 Å². The maximum atomic E-state index is 13.1. The lowest BCUT2D eigenvalue weighted by atomic mass is 10.1. The van der Waals surface area contributed by atoms with Gasteiger partial charge in [-0.3, -0.25) is 4.79 Å². The van der Waals surface area contributed by atoms with E-state index in [1.54, 1.807) is 37.4 Å². The number of thioether (sulfide) groups is 1. The Morgan fingerprint density at radius 2 is 1.87 bits per heavy atom. The molecule has 0 radical (unpaired) electrons. The molecular weight excluding hydrogens is 402 g/mol. The number of urea groups is 1. The van der Waals surface area contributed by atoms with Crippen LogP contribution in [0.5, 0.6) is 0 Å². The van der Waals surface area contributed by atoms with Gasteiger partial charge in [0.25, 0.3) is 0 Å². The van der Waals surface area contributed by atoms with Crippen LogP contribution in [0.2, 0.25) is 0 Å². The van der Waals surface area contributed by atoms with E-state index < -0.39 is 5.97 Å². The van der Waals surface area contributed by atoms with Crippen molar-refractivity contribution in [3.8, 4) is 0 Å². The maximum Gasteiger partial charge on any atom is 0.355 e. The van der Waals surface area contributed by atoms with Crippen molar-refractivity contribution in [2.45, 2.75) is 44.6 Å². The SMILES string of the molecule is CCOC(=O)c1[nH]c(C)c(C(=O)CN(C(=O)Nc2ccc(SC)cc2)C2CC2)c1C. The Morgan fingerprint density at radius 3 is 2.43 bits per heavy atom. The van der Waals surface area contributed by atoms with Crippen molar-refractivity contribution in [3.63, 3.8) is 0 Å². The second kappa shape index (κ2) is 9.38. The van der Waals surface area contributed by atoms with Crippen LogP contribution in [0.25, 0.3) is 0 Å². The molecule has 0 bridgehead atoms. The fraction of sp³-hybridized carbons (Fsp3) is 0.409. The van der Waals surface area contributed by atoms with E-state index >= 15 is 0 Å². The first kappa shape index (κ1) is 22.0. The summed E-state index contributed by atoms with van der Waals surface area (Å²) in [5.74, 6) is -0.681. The predicted molar refractivity (Wildman–Crippen MR) is 118 cm³/mol. The van der Waals surface area contributed by atoms with Crippen LogP contribution in [-0.4, -0.2) is 53.1 Å². The van der Waals surface area contributed by atoms with E-state index in [4.69, 9.17) is 4.74 Å². The first-order valence-electron chi connectivity index (χ1n) is 9.96. The highest BCUT2D eigenvalue weighted by molar-refractivity contribution is 7.98. The second-order valence-corrected chi connectivity index (χ2v) is 8.17. The number of hydrogen-bond acceptors (Lipinski definition) is 5. The Balaban J connectivity index is 1.74. The van der Waals surface area contributed by atoms with Crippen LogP contribution in [0.15, 0.2) is 29.2 Å². The van der Waals surface area contributed by atoms with Crippen LogP contribution in [0.3, 0.4) is 0 Å². The topological polar surface area (TPSA) is 91.5 Å². The largest absolute Gasteiger partial charge is 0.461 e. The minimum Gasteiger partial charge on any atom is -0.461 e. The van der Waals surface area contributed by atoms with Gasteiger partial charge in [0.2, 0.25) is 0 Å². The lowest BCUT2D eigenvalue weighted by molar-refractivity contribution is 0.0519. The lowest BCUT2D eigenvalue weighted by Crippen LogP contribution is -2.40. The zero-order valence-electron chi connectivity index (χ0n) is 17.7. The molecule has 1 aromatic heterocycles. The second-order valence-electron chi connectivity index (χ2n) is 7.29. The number of rotatable bonds is 8. The number of aromatic amines is 1. The zero-order chi connectivity index (χ0) is 21.8. The van der Waals surface area contributed by atoms with Gasteiger partial charge in [-0.05, 0) is 69.7 Å². The van der Waals surface area contributed by atoms with E-state index in [0.29, 0.717) is 22.5 Å². The van der Waals surface area contributed by atoms with Gasteiger partial charge in [0.1, 0.15) is 5.69 Å². The van der Waals surface area contributed by atoms with Crippen molar-refractivity contribution in [2.75, 3.05) is 24.7 Å². The molecule has 8 heteroatoms. The molecule has 1 saturated carbocycles. The highest BCUT2D eigenvalue weighted by Gasteiger charge is 2.35. The number of aromatic nitrogens is 1. The molecule has 3 rings (SSSR count). The number of hydrogen-bond donors (Lipinski definition) is 2. The summed E-state index contributed by atoms with van der Waals surface area (Å²) in [6.45, 7) is 5.42. The molecule has 1 aromatic carbocycles. The Morgan fingerprint density at radius 1 is 1.20 bits per heavy atom. The van der Waals surface area contributed by atoms with Crippen LogP contribution in [0.1, 0.15) is 51.9 Å². The number of aryl methyl sites for hydroxylation is 1. The Kier molecular flexibility index (Phi) is 6.87. The number of ether oxygens (including phenoxy) is 1. The molecular formula is C22H27N3O4S. The number of anilines is 1.